The molecule has 3 unspecified atom stereocenters. The molecule has 0 aromatic heterocycles. The topological polar surface area (TPSA) is 41.1 Å². The van der Waals surface area contributed by atoms with Crippen molar-refractivity contribution in [3.8, 4) is 0 Å². The van der Waals surface area contributed by atoms with Crippen molar-refractivity contribution in [3.05, 3.63) is 0 Å². The Bertz CT molecular complexity index is 240. The van der Waals surface area contributed by atoms with E-state index in [1.165, 1.54) is 12.8 Å². The van der Waals surface area contributed by atoms with Crippen LogP contribution in [-0.4, -0.2) is 35.5 Å². The van der Waals surface area contributed by atoms with Crippen LogP contribution in [0.4, 0.5) is 0 Å². The first-order valence-corrected chi connectivity index (χ1v) is 7.07. The molecule has 16 heavy (non-hydrogen) atoms. The molecule has 0 aliphatic carbocycles. The number of fused-ring (bicyclic) bond motifs is 2. The summed E-state index contributed by atoms with van der Waals surface area (Å²) >= 11 is 1.61. The average molecular weight is 265 g/mol. The predicted octanol–water partition coefficient (Wildman–Crippen LogP) is 1.56. The highest BCUT2D eigenvalue weighted by molar-refractivity contribution is 7.99. The summed E-state index contributed by atoms with van der Waals surface area (Å²) in [5, 5.41) is 6.83. The summed E-state index contributed by atoms with van der Waals surface area (Å²) in [4.78, 5) is 11.7. The molecule has 2 aliphatic heterocycles. The Kier molecular flexibility index (Phi) is 5.41. The highest BCUT2D eigenvalue weighted by Gasteiger charge is 2.34. The van der Waals surface area contributed by atoms with Gasteiger partial charge >= 0.3 is 0 Å². The van der Waals surface area contributed by atoms with Gasteiger partial charge in [0.05, 0.1) is 5.25 Å². The molecule has 2 heterocycles. The van der Waals surface area contributed by atoms with Crippen molar-refractivity contribution in [1.29, 1.82) is 0 Å². The van der Waals surface area contributed by atoms with E-state index in [-0.39, 0.29) is 23.6 Å². The number of hydrogen-bond acceptors (Lipinski definition) is 3. The molecule has 5 heteroatoms. The summed E-state index contributed by atoms with van der Waals surface area (Å²) in [5.41, 5.74) is 0. The lowest BCUT2D eigenvalue weighted by Gasteiger charge is -2.30. The third kappa shape index (κ3) is 3.28. The molecule has 2 saturated heterocycles. The van der Waals surface area contributed by atoms with Gasteiger partial charge in [0, 0.05) is 18.1 Å². The van der Waals surface area contributed by atoms with Crippen LogP contribution < -0.4 is 10.6 Å². The van der Waals surface area contributed by atoms with Gasteiger partial charge in [-0.15, -0.1) is 12.4 Å². The molecule has 2 rings (SSSR count). The van der Waals surface area contributed by atoms with Crippen molar-refractivity contribution in [2.24, 2.45) is 0 Å². The van der Waals surface area contributed by atoms with E-state index in [9.17, 15) is 4.79 Å². The van der Waals surface area contributed by atoms with Crippen LogP contribution in [0.5, 0.6) is 0 Å². The van der Waals surface area contributed by atoms with E-state index < -0.39 is 0 Å². The van der Waals surface area contributed by atoms with Gasteiger partial charge in [0.2, 0.25) is 5.91 Å². The molecular weight excluding hydrogens is 244 g/mol. The first-order valence-electron chi connectivity index (χ1n) is 5.78. The first-order chi connectivity index (χ1) is 7.19. The standard InChI is InChI=1S/C11H20N2OS.ClH/c1-7(15-2)11(14)13-10-5-8-3-4-9(6-10)12-8;/h7-10,12H,3-6H2,1-2H3,(H,13,14);1H. The van der Waals surface area contributed by atoms with Crippen LogP contribution in [0.15, 0.2) is 0 Å². The van der Waals surface area contributed by atoms with Crippen LogP contribution >= 0.6 is 24.2 Å². The second-order valence-corrected chi connectivity index (χ2v) is 5.87. The maximum atomic E-state index is 11.7. The van der Waals surface area contributed by atoms with Gasteiger partial charge in [-0.3, -0.25) is 4.79 Å². The predicted molar refractivity (Wildman–Crippen MR) is 71.3 cm³/mol. The van der Waals surface area contributed by atoms with E-state index in [0.717, 1.165) is 12.8 Å². The van der Waals surface area contributed by atoms with Gasteiger partial charge in [0.15, 0.2) is 0 Å². The average Bonchev–Trinajstić information content (AvgIpc) is 2.57. The molecule has 2 bridgehead atoms. The van der Waals surface area contributed by atoms with Gasteiger partial charge in [-0.2, -0.15) is 11.8 Å². The third-order valence-electron chi connectivity index (χ3n) is 3.54. The molecule has 3 nitrogen and oxygen atoms in total. The lowest BCUT2D eigenvalue weighted by Crippen LogP contribution is -2.49. The molecule has 0 saturated carbocycles. The molecule has 0 radical (unpaired) electrons. The van der Waals surface area contributed by atoms with E-state index in [4.69, 9.17) is 0 Å². The second-order valence-electron chi connectivity index (χ2n) is 4.69. The molecule has 0 aromatic carbocycles. The molecule has 2 fully saturated rings. The lowest BCUT2D eigenvalue weighted by molar-refractivity contribution is -0.121. The summed E-state index contributed by atoms with van der Waals surface area (Å²) in [7, 11) is 0. The zero-order valence-corrected chi connectivity index (χ0v) is 11.5. The van der Waals surface area contributed by atoms with Gasteiger partial charge in [-0.1, -0.05) is 0 Å². The summed E-state index contributed by atoms with van der Waals surface area (Å²) in [6.45, 7) is 1.97. The van der Waals surface area contributed by atoms with Crippen molar-refractivity contribution >= 4 is 30.1 Å². The Morgan fingerprint density at radius 3 is 2.44 bits per heavy atom. The fraction of sp³-hybridized carbons (Fsp3) is 0.909. The third-order valence-corrected chi connectivity index (χ3v) is 4.46. The molecule has 2 N–H and O–H groups in total. The summed E-state index contributed by atoms with van der Waals surface area (Å²) in [6.07, 6.45) is 6.79. The highest BCUT2D eigenvalue weighted by Crippen LogP contribution is 2.26. The fourth-order valence-corrected chi connectivity index (χ4v) is 2.88. The smallest absolute Gasteiger partial charge is 0.233 e. The van der Waals surface area contributed by atoms with Gasteiger partial charge in [0.1, 0.15) is 0 Å². The zero-order chi connectivity index (χ0) is 10.8. The van der Waals surface area contributed by atoms with Gasteiger partial charge in [-0.05, 0) is 38.9 Å². The quantitative estimate of drug-likeness (QED) is 0.813. The van der Waals surface area contributed by atoms with Crippen LogP contribution in [0.3, 0.4) is 0 Å². The minimum Gasteiger partial charge on any atom is -0.352 e. The molecule has 0 spiro atoms. The van der Waals surface area contributed by atoms with E-state index in [0.29, 0.717) is 18.1 Å². The summed E-state index contributed by atoms with van der Waals surface area (Å²) in [5.74, 6) is 0.203. The van der Waals surface area contributed by atoms with Crippen molar-refractivity contribution in [2.75, 3.05) is 6.26 Å². The van der Waals surface area contributed by atoms with Crippen LogP contribution in [0.25, 0.3) is 0 Å². The number of amides is 1. The van der Waals surface area contributed by atoms with E-state index in [1.807, 2.05) is 13.2 Å². The molecule has 94 valence electrons. The van der Waals surface area contributed by atoms with Crippen LogP contribution in [-0.2, 0) is 4.79 Å². The van der Waals surface area contributed by atoms with E-state index in [1.54, 1.807) is 11.8 Å². The number of hydrogen-bond donors (Lipinski definition) is 2. The molecule has 0 aromatic rings. The molecular formula is C11H21ClN2OS. The normalized spacial score (nSPS) is 34.0. The number of carbonyl (C=O) groups excluding carboxylic acids is 1. The number of nitrogens with one attached hydrogen (secondary N) is 2. The number of carbonyl (C=O) groups is 1. The monoisotopic (exact) mass is 264 g/mol. The van der Waals surface area contributed by atoms with Crippen molar-refractivity contribution < 1.29 is 4.79 Å². The van der Waals surface area contributed by atoms with Crippen LogP contribution in [0.1, 0.15) is 32.6 Å². The van der Waals surface area contributed by atoms with Crippen LogP contribution in [0, 0.1) is 0 Å². The lowest BCUT2D eigenvalue weighted by atomic mass is 10.00. The first kappa shape index (κ1) is 14.1. The molecule has 2 aliphatic rings. The Morgan fingerprint density at radius 2 is 1.94 bits per heavy atom. The fourth-order valence-electron chi connectivity index (χ4n) is 2.60. The number of rotatable bonds is 3. The Balaban J connectivity index is 0.00000128. The summed E-state index contributed by atoms with van der Waals surface area (Å²) < 4.78 is 0. The second kappa shape index (κ2) is 6.12. The Labute approximate surface area is 108 Å². The van der Waals surface area contributed by atoms with Crippen LogP contribution in [0.2, 0.25) is 0 Å². The van der Waals surface area contributed by atoms with E-state index in [2.05, 4.69) is 10.6 Å². The summed E-state index contributed by atoms with van der Waals surface area (Å²) in [6, 6.07) is 1.71. The maximum Gasteiger partial charge on any atom is 0.233 e. The molecule has 1 amide bonds. The minimum atomic E-state index is 0. The van der Waals surface area contributed by atoms with Gasteiger partial charge < -0.3 is 10.6 Å². The minimum absolute atomic E-state index is 0. The SMILES string of the molecule is CSC(C)C(=O)NC1CC2CCC(C1)N2.Cl. The number of piperidine rings is 1. The zero-order valence-electron chi connectivity index (χ0n) is 9.86. The van der Waals surface area contributed by atoms with Crippen molar-refractivity contribution in [2.45, 2.75) is 56.0 Å². The van der Waals surface area contributed by atoms with E-state index >= 15 is 0 Å². The number of halogens is 1. The van der Waals surface area contributed by atoms with Gasteiger partial charge in [0.25, 0.3) is 0 Å². The maximum absolute atomic E-state index is 11.7. The van der Waals surface area contributed by atoms with Crippen molar-refractivity contribution in [3.63, 3.8) is 0 Å². The number of thioether (sulfide) groups is 1. The Morgan fingerprint density at radius 1 is 1.38 bits per heavy atom. The molecule has 3 atom stereocenters. The largest absolute Gasteiger partial charge is 0.352 e. The highest BCUT2D eigenvalue weighted by atomic mass is 35.5. The van der Waals surface area contributed by atoms with Crippen molar-refractivity contribution in [1.82, 2.24) is 10.6 Å². The van der Waals surface area contributed by atoms with Gasteiger partial charge in [-0.25, -0.2) is 0 Å². The Hall–Kier alpha value is 0.0700.